The van der Waals surface area contributed by atoms with Gasteiger partial charge in [-0.25, -0.2) is 4.39 Å². The van der Waals surface area contributed by atoms with Crippen LogP contribution < -0.4 is 5.32 Å². The first kappa shape index (κ1) is 17.9. The summed E-state index contributed by atoms with van der Waals surface area (Å²) < 4.78 is 56.4. The molecule has 0 spiro atoms. The smallest absolute Gasteiger partial charge is 0.375 e. The molecule has 0 radical (unpaired) electrons. The van der Waals surface area contributed by atoms with Gasteiger partial charge in [0.05, 0.1) is 11.7 Å². The van der Waals surface area contributed by atoms with E-state index in [2.05, 4.69) is 5.32 Å². The van der Waals surface area contributed by atoms with Crippen molar-refractivity contribution < 1.29 is 27.1 Å². The molecule has 0 fully saturated rings. The molecule has 0 saturated heterocycles. The number of ether oxygens (including phenoxy) is 1. The Bertz CT molecular complexity index is 716. The highest BCUT2D eigenvalue weighted by atomic mass is 19.4. The topological polar surface area (TPSA) is 38.3 Å². The van der Waals surface area contributed by atoms with Crippen molar-refractivity contribution in [1.82, 2.24) is 5.32 Å². The first-order chi connectivity index (χ1) is 11.3. The molecule has 0 aliphatic carbocycles. The number of nitrogens with one attached hydrogen (secondary N) is 1. The van der Waals surface area contributed by atoms with E-state index in [4.69, 9.17) is 4.74 Å². The van der Waals surface area contributed by atoms with Gasteiger partial charge in [-0.3, -0.25) is 4.79 Å². The lowest BCUT2D eigenvalue weighted by molar-refractivity contribution is -0.137. The Kier molecular flexibility index (Phi) is 5.56. The second-order valence-electron chi connectivity index (χ2n) is 5.07. The lowest BCUT2D eigenvalue weighted by Crippen LogP contribution is -2.29. The molecule has 128 valence electrons. The Morgan fingerprint density at radius 3 is 2.50 bits per heavy atom. The van der Waals surface area contributed by atoms with Crippen LogP contribution in [0.3, 0.4) is 0 Å². The third kappa shape index (κ3) is 4.55. The van der Waals surface area contributed by atoms with Crippen molar-refractivity contribution in [3.05, 3.63) is 71.0 Å². The normalized spacial score (nSPS) is 12.7. The minimum atomic E-state index is -4.52. The monoisotopic (exact) mass is 341 g/mol. The third-order valence-electron chi connectivity index (χ3n) is 3.41. The number of rotatable bonds is 5. The van der Waals surface area contributed by atoms with Gasteiger partial charge >= 0.3 is 6.18 Å². The van der Waals surface area contributed by atoms with Gasteiger partial charge in [0.15, 0.2) is 0 Å². The molecule has 0 aromatic heterocycles. The molecule has 1 amide bonds. The number of alkyl halides is 3. The van der Waals surface area contributed by atoms with Crippen LogP contribution in [-0.4, -0.2) is 19.6 Å². The van der Waals surface area contributed by atoms with E-state index in [1.807, 2.05) is 0 Å². The Morgan fingerprint density at radius 2 is 1.88 bits per heavy atom. The zero-order valence-corrected chi connectivity index (χ0v) is 12.7. The van der Waals surface area contributed by atoms with Crippen molar-refractivity contribution in [1.29, 1.82) is 0 Å². The summed E-state index contributed by atoms with van der Waals surface area (Å²) in [6.07, 6.45) is -5.14. The van der Waals surface area contributed by atoms with Gasteiger partial charge in [-0.05, 0) is 35.9 Å². The fraction of sp³-hybridized carbons (Fsp3) is 0.235. The molecule has 1 atom stereocenters. The number of amides is 1. The van der Waals surface area contributed by atoms with Crippen LogP contribution in [0.1, 0.15) is 27.6 Å². The van der Waals surface area contributed by atoms with Gasteiger partial charge in [0.2, 0.25) is 0 Å². The van der Waals surface area contributed by atoms with Gasteiger partial charge in [0.25, 0.3) is 5.91 Å². The van der Waals surface area contributed by atoms with Crippen LogP contribution >= 0.6 is 0 Å². The first-order valence-electron chi connectivity index (χ1n) is 7.05. The van der Waals surface area contributed by atoms with Crippen molar-refractivity contribution >= 4 is 5.91 Å². The van der Waals surface area contributed by atoms with Gasteiger partial charge in [-0.1, -0.05) is 18.2 Å². The summed E-state index contributed by atoms with van der Waals surface area (Å²) >= 11 is 0. The van der Waals surface area contributed by atoms with E-state index < -0.39 is 29.6 Å². The summed E-state index contributed by atoms with van der Waals surface area (Å²) in [5, 5.41) is 2.49. The van der Waals surface area contributed by atoms with Crippen LogP contribution in [0.4, 0.5) is 17.6 Å². The Labute approximate surface area is 136 Å². The van der Waals surface area contributed by atoms with Gasteiger partial charge in [-0.2, -0.15) is 13.2 Å². The number of methoxy groups -OCH3 is 1. The molecule has 2 aromatic rings. The molecule has 0 heterocycles. The van der Waals surface area contributed by atoms with E-state index in [0.29, 0.717) is 5.56 Å². The quantitative estimate of drug-likeness (QED) is 0.836. The van der Waals surface area contributed by atoms with Crippen LogP contribution in [0.2, 0.25) is 0 Å². The van der Waals surface area contributed by atoms with Crippen LogP contribution in [0.25, 0.3) is 0 Å². The largest absolute Gasteiger partial charge is 0.416 e. The molecule has 0 aliphatic heterocycles. The average Bonchev–Trinajstić information content (AvgIpc) is 2.54. The van der Waals surface area contributed by atoms with E-state index in [0.717, 1.165) is 18.2 Å². The number of halogens is 4. The molecule has 7 heteroatoms. The van der Waals surface area contributed by atoms with Gasteiger partial charge < -0.3 is 10.1 Å². The van der Waals surface area contributed by atoms with Crippen molar-refractivity contribution in [2.45, 2.75) is 12.3 Å². The molecule has 0 unspecified atom stereocenters. The Morgan fingerprint density at radius 1 is 1.17 bits per heavy atom. The van der Waals surface area contributed by atoms with Crippen LogP contribution in [0.5, 0.6) is 0 Å². The summed E-state index contributed by atoms with van der Waals surface area (Å²) in [6.45, 7) is -0.00493. The molecule has 0 bridgehead atoms. The van der Waals surface area contributed by atoms with E-state index in [9.17, 15) is 22.4 Å². The molecule has 2 aromatic carbocycles. The number of benzene rings is 2. The van der Waals surface area contributed by atoms with E-state index >= 15 is 0 Å². The van der Waals surface area contributed by atoms with E-state index in [-0.39, 0.29) is 12.1 Å². The minimum absolute atomic E-state index is 0.00493. The Balaban J connectivity index is 2.07. The highest BCUT2D eigenvalue weighted by Crippen LogP contribution is 2.29. The van der Waals surface area contributed by atoms with Crippen LogP contribution in [-0.2, 0) is 10.9 Å². The molecular formula is C17H15F4NO2. The van der Waals surface area contributed by atoms with Crippen LogP contribution in [0, 0.1) is 5.82 Å². The maximum Gasteiger partial charge on any atom is 0.416 e. The molecular weight excluding hydrogens is 326 g/mol. The standard InChI is InChI=1S/C17H15F4NO2/c1-24-15(11-4-3-7-14(18)9-11)10-22-16(23)12-5-2-6-13(8-12)17(19,20)21/h2-9,15H,10H2,1H3,(H,22,23)/t15-/m0/s1. The molecule has 3 nitrogen and oxygen atoms in total. The van der Waals surface area contributed by atoms with Crippen LogP contribution in [0.15, 0.2) is 48.5 Å². The maximum atomic E-state index is 13.2. The number of hydrogen-bond acceptors (Lipinski definition) is 2. The number of carbonyl (C=O) groups is 1. The highest BCUT2D eigenvalue weighted by molar-refractivity contribution is 5.94. The number of hydrogen-bond donors (Lipinski definition) is 1. The molecule has 24 heavy (non-hydrogen) atoms. The second kappa shape index (κ2) is 7.44. The van der Waals surface area contributed by atoms with Crippen molar-refractivity contribution in [2.24, 2.45) is 0 Å². The first-order valence-corrected chi connectivity index (χ1v) is 7.05. The SMILES string of the molecule is CO[C@@H](CNC(=O)c1cccc(C(F)(F)F)c1)c1cccc(F)c1. The predicted molar refractivity (Wildman–Crippen MR) is 79.9 cm³/mol. The fourth-order valence-corrected chi connectivity index (χ4v) is 2.17. The average molecular weight is 341 g/mol. The lowest BCUT2D eigenvalue weighted by atomic mass is 10.1. The summed E-state index contributed by atoms with van der Waals surface area (Å²) in [5.41, 5.74) is -0.496. The summed E-state index contributed by atoms with van der Waals surface area (Å²) in [5.74, 6) is -1.11. The van der Waals surface area contributed by atoms with Crippen molar-refractivity contribution in [3.63, 3.8) is 0 Å². The predicted octanol–water partition coefficient (Wildman–Crippen LogP) is 3.96. The lowest BCUT2D eigenvalue weighted by Gasteiger charge is -2.17. The number of carbonyl (C=O) groups excluding carboxylic acids is 1. The molecule has 1 N–H and O–H groups in total. The summed E-state index contributed by atoms with van der Waals surface area (Å²) in [7, 11) is 1.39. The van der Waals surface area contributed by atoms with Gasteiger partial charge in [0.1, 0.15) is 5.82 Å². The zero-order valence-electron chi connectivity index (χ0n) is 12.7. The van der Waals surface area contributed by atoms with Crippen molar-refractivity contribution in [3.8, 4) is 0 Å². The molecule has 0 aliphatic rings. The molecule has 0 saturated carbocycles. The van der Waals surface area contributed by atoms with Gasteiger partial charge in [0, 0.05) is 19.2 Å². The van der Waals surface area contributed by atoms with Gasteiger partial charge in [-0.15, -0.1) is 0 Å². The fourth-order valence-electron chi connectivity index (χ4n) is 2.17. The van der Waals surface area contributed by atoms with E-state index in [1.165, 1.54) is 31.4 Å². The second-order valence-corrected chi connectivity index (χ2v) is 5.07. The third-order valence-corrected chi connectivity index (χ3v) is 3.41. The highest BCUT2D eigenvalue weighted by Gasteiger charge is 2.30. The Hall–Kier alpha value is -2.41. The summed E-state index contributed by atoms with van der Waals surface area (Å²) in [4.78, 5) is 12.0. The van der Waals surface area contributed by atoms with E-state index in [1.54, 1.807) is 6.07 Å². The molecule has 2 rings (SSSR count). The summed E-state index contributed by atoms with van der Waals surface area (Å²) in [6, 6.07) is 9.80. The maximum absolute atomic E-state index is 13.2. The van der Waals surface area contributed by atoms with Crippen molar-refractivity contribution in [2.75, 3.05) is 13.7 Å². The minimum Gasteiger partial charge on any atom is -0.375 e. The zero-order chi connectivity index (χ0) is 17.7.